The molecule has 0 bridgehead atoms. The summed E-state index contributed by atoms with van der Waals surface area (Å²) < 4.78 is 7.28. The first-order chi connectivity index (χ1) is 8.49. The smallest absolute Gasteiger partial charge is 0.120 e. The second kappa shape index (κ2) is 8.00. The summed E-state index contributed by atoms with van der Waals surface area (Å²) in [6.07, 6.45) is 0.224. The van der Waals surface area contributed by atoms with Crippen molar-refractivity contribution in [3.05, 3.63) is 27.8 Å². The standard InChI is InChI=1S/C15H24INO/c1-11(2)9-17-10-15(12(3)4)18-14-7-5-6-13(16)8-14/h5-8,11-12,15,17H,9-10H2,1-4H3. The summed E-state index contributed by atoms with van der Waals surface area (Å²) in [5.41, 5.74) is 0. The molecule has 0 aliphatic rings. The molecule has 0 spiro atoms. The maximum atomic E-state index is 6.07. The predicted molar refractivity (Wildman–Crippen MR) is 86.1 cm³/mol. The molecule has 0 saturated heterocycles. The van der Waals surface area contributed by atoms with Crippen LogP contribution in [0.25, 0.3) is 0 Å². The third-order valence-corrected chi connectivity index (χ3v) is 3.40. The van der Waals surface area contributed by atoms with Crippen molar-refractivity contribution in [3.8, 4) is 5.75 Å². The Balaban J connectivity index is 2.52. The number of nitrogens with one attached hydrogen (secondary N) is 1. The summed E-state index contributed by atoms with van der Waals surface area (Å²) in [4.78, 5) is 0. The molecule has 1 atom stereocenters. The molecular formula is C15H24INO. The molecule has 1 aromatic rings. The highest BCUT2D eigenvalue weighted by Gasteiger charge is 2.15. The second-order valence-corrected chi connectivity index (χ2v) is 6.66. The maximum absolute atomic E-state index is 6.07. The van der Waals surface area contributed by atoms with Crippen LogP contribution >= 0.6 is 22.6 Å². The van der Waals surface area contributed by atoms with Crippen molar-refractivity contribution >= 4 is 22.6 Å². The van der Waals surface area contributed by atoms with Gasteiger partial charge in [0.2, 0.25) is 0 Å². The number of ether oxygens (including phenoxy) is 1. The van der Waals surface area contributed by atoms with Crippen LogP contribution in [0.15, 0.2) is 24.3 Å². The van der Waals surface area contributed by atoms with E-state index in [1.807, 2.05) is 12.1 Å². The van der Waals surface area contributed by atoms with E-state index in [-0.39, 0.29) is 6.10 Å². The lowest BCUT2D eigenvalue weighted by Crippen LogP contribution is -2.36. The van der Waals surface area contributed by atoms with Gasteiger partial charge in [0.25, 0.3) is 0 Å². The lowest BCUT2D eigenvalue weighted by Gasteiger charge is -2.23. The van der Waals surface area contributed by atoms with E-state index in [0.717, 1.165) is 18.8 Å². The third kappa shape index (κ3) is 6.05. The van der Waals surface area contributed by atoms with Crippen LogP contribution in [0.4, 0.5) is 0 Å². The van der Waals surface area contributed by atoms with Gasteiger partial charge in [0.05, 0.1) is 0 Å². The van der Waals surface area contributed by atoms with Crippen LogP contribution in [0.1, 0.15) is 27.7 Å². The van der Waals surface area contributed by atoms with Gasteiger partial charge in [-0.05, 0) is 59.2 Å². The van der Waals surface area contributed by atoms with Crippen molar-refractivity contribution in [2.24, 2.45) is 11.8 Å². The fourth-order valence-corrected chi connectivity index (χ4v) is 2.16. The monoisotopic (exact) mass is 361 g/mol. The Morgan fingerprint density at radius 2 is 1.89 bits per heavy atom. The molecule has 0 amide bonds. The average molecular weight is 361 g/mol. The van der Waals surface area contributed by atoms with Gasteiger partial charge in [-0.3, -0.25) is 0 Å². The fourth-order valence-electron chi connectivity index (χ4n) is 1.64. The summed E-state index contributed by atoms with van der Waals surface area (Å²) in [7, 11) is 0. The van der Waals surface area contributed by atoms with Crippen molar-refractivity contribution in [2.45, 2.75) is 33.8 Å². The van der Waals surface area contributed by atoms with E-state index in [2.05, 4.69) is 67.7 Å². The van der Waals surface area contributed by atoms with E-state index in [9.17, 15) is 0 Å². The van der Waals surface area contributed by atoms with Crippen LogP contribution in [0.2, 0.25) is 0 Å². The Bertz CT molecular complexity index is 352. The zero-order chi connectivity index (χ0) is 13.5. The van der Waals surface area contributed by atoms with E-state index in [1.54, 1.807) is 0 Å². The van der Waals surface area contributed by atoms with E-state index in [1.165, 1.54) is 3.57 Å². The van der Waals surface area contributed by atoms with Gasteiger partial charge in [-0.15, -0.1) is 0 Å². The Kier molecular flexibility index (Phi) is 7.00. The van der Waals surface area contributed by atoms with Gasteiger partial charge in [-0.2, -0.15) is 0 Å². The lowest BCUT2D eigenvalue weighted by atomic mass is 10.1. The van der Waals surface area contributed by atoms with Crippen LogP contribution in [0.3, 0.4) is 0 Å². The lowest BCUT2D eigenvalue weighted by molar-refractivity contribution is 0.148. The maximum Gasteiger partial charge on any atom is 0.120 e. The largest absolute Gasteiger partial charge is 0.489 e. The highest BCUT2D eigenvalue weighted by Crippen LogP contribution is 2.18. The number of benzene rings is 1. The molecule has 18 heavy (non-hydrogen) atoms. The zero-order valence-electron chi connectivity index (χ0n) is 11.7. The summed E-state index contributed by atoms with van der Waals surface area (Å²) in [5.74, 6) is 2.14. The molecule has 3 heteroatoms. The summed E-state index contributed by atoms with van der Waals surface area (Å²) >= 11 is 2.31. The highest BCUT2D eigenvalue weighted by atomic mass is 127. The van der Waals surface area contributed by atoms with Gasteiger partial charge in [0, 0.05) is 10.1 Å². The number of halogens is 1. The molecule has 0 aromatic heterocycles. The molecule has 0 aliphatic heterocycles. The second-order valence-electron chi connectivity index (χ2n) is 5.41. The van der Waals surface area contributed by atoms with Crippen molar-refractivity contribution in [3.63, 3.8) is 0 Å². The van der Waals surface area contributed by atoms with Crippen molar-refractivity contribution in [1.29, 1.82) is 0 Å². The Hall–Kier alpha value is -0.290. The van der Waals surface area contributed by atoms with Crippen LogP contribution in [0.5, 0.6) is 5.75 Å². The van der Waals surface area contributed by atoms with E-state index < -0.39 is 0 Å². The number of rotatable bonds is 7. The molecule has 1 aromatic carbocycles. The summed E-state index contributed by atoms with van der Waals surface area (Å²) in [6, 6.07) is 8.23. The highest BCUT2D eigenvalue weighted by molar-refractivity contribution is 14.1. The normalized spacial score (nSPS) is 13.1. The van der Waals surface area contributed by atoms with Crippen molar-refractivity contribution < 1.29 is 4.74 Å². The molecule has 102 valence electrons. The SMILES string of the molecule is CC(C)CNCC(Oc1cccc(I)c1)C(C)C. The quantitative estimate of drug-likeness (QED) is 0.743. The van der Waals surface area contributed by atoms with Gasteiger partial charge < -0.3 is 10.1 Å². The van der Waals surface area contributed by atoms with Crippen LogP contribution < -0.4 is 10.1 Å². The van der Waals surface area contributed by atoms with Crippen LogP contribution in [-0.2, 0) is 0 Å². The molecule has 1 rings (SSSR count). The fraction of sp³-hybridized carbons (Fsp3) is 0.600. The molecule has 0 fully saturated rings. The Labute approximate surface area is 125 Å². The van der Waals surface area contributed by atoms with Gasteiger partial charge in [-0.25, -0.2) is 0 Å². The first-order valence-electron chi connectivity index (χ1n) is 6.62. The molecule has 0 aliphatic carbocycles. The van der Waals surface area contributed by atoms with E-state index >= 15 is 0 Å². The molecule has 2 nitrogen and oxygen atoms in total. The van der Waals surface area contributed by atoms with Crippen LogP contribution in [-0.4, -0.2) is 19.2 Å². The first-order valence-corrected chi connectivity index (χ1v) is 7.70. The van der Waals surface area contributed by atoms with Gasteiger partial charge in [0.1, 0.15) is 11.9 Å². The molecule has 1 N–H and O–H groups in total. The Morgan fingerprint density at radius 3 is 2.44 bits per heavy atom. The van der Waals surface area contributed by atoms with Crippen molar-refractivity contribution in [1.82, 2.24) is 5.32 Å². The summed E-state index contributed by atoms with van der Waals surface area (Å²) in [6.45, 7) is 10.8. The molecule has 0 heterocycles. The third-order valence-electron chi connectivity index (χ3n) is 2.73. The summed E-state index contributed by atoms with van der Waals surface area (Å²) in [5, 5.41) is 3.47. The van der Waals surface area contributed by atoms with Crippen molar-refractivity contribution in [2.75, 3.05) is 13.1 Å². The first kappa shape index (κ1) is 15.8. The minimum Gasteiger partial charge on any atom is -0.489 e. The van der Waals surface area contributed by atoms with Gasteiger partial charge in [0.15, 0.2) is 0 Å². The average Bonchev–Trinajstić information content (AvgIpc) is 2.27. The van der Waals surface area contributed by atoms with Crippen LogP contribution in [0, 0.1) is 15.4 Å². The molecule has 0 saturated carbocycles. The minimum atomic E-state index is 0.224. The molecule has 0 radical (unpaired) electrons. The van der Waals surface area contributed by atoms with Gasteiger partial charge >= 0.3 is 0 Å². The molecular weight excluding hydrogens is 337 g/mol. The zero-order valence-corrected chi connectivity index (χ0v) is 13.9. The van der Waals surface area contributed by atoms with Gasteiger partial charge in [-0.1, -0.05) is 33.8 Å². The number of hydrogen-bond donors (Lipinski definition) is 1. The minimum absolute atomic E-state index is 0.224. The Morgan fingerprint density at radius 1 is 1.17 bits per heavy atom. The van der Waals surface area contributed by atoms with E-state index in [0.29, 0.717) is 11.8 Å². The molecule has 1 unspecified atom stereocenters. The number of hydrogen-bond acceptors (Lipinski definition) is 2. The van der Waals surface area contributed by atoms with E-state index in [4.69, 9.17) is 4.74 Å². The predicted octanol–water partition coefficient (Wildman–Crippen LogP) is 3.94. The topological polar surface area (TPSA) is 21.3 Å².